The summed E-state index contributed by atoms with van der Waals surface area (Å²) in [5.41, 5.74) is 0.649. The third kappa shape index (κ3) is 3.56. The summed E-state index contributed by atoms with van der Waals surface area (Å²) in [6.45, 7) is 1.75. The first-order valence-corrected chi connectivity index (χ1v) is 6.59. The summed E-state index contributed by atoms with van der Waals surface area (Å²) in [6.07, 6.45) is 4.35. The molecule has 1 heterocycles. The second-order valence-corrected chi connectivity index (χ2v) is 4.86. The summed E-state index contributed by atoms with van der Waals surface area (Å²) in [7, 11) is 1.47. The second-order valence-electron chi connectivity index (χ2n) is 4.86. The summed E-state index contributed by atoms with van der Waals surface area (Å²) in [4.78, 5) is 31.6. The number of amides is 1. The second kappa shape index (κ2) is 6.34. The van der Waals surface area contributed by atoms with E-state index in [1.54, 1.807) is 19.1 Å². The summed E-state index contributed by atoms with van der Waals surface area (Å²) < 4.78 is 5.01. The Morgan fingerprint density at radius 3 is 2.57 bits per heavy atom. The number of ether oxygens (including phenoxy) is 1. The van der Waals surface area contributed by atoms with Crippen molar-refractivity contribution in [2.75, 3.05) is 12.4 Å². The van der Waals surface area contributed by atoms with Crippen LogP contribution in [0.15, 0.2) is 18.2 Å². The Kier molecular flexibility index (Phi) is 4.52. The predicted octanol–water partition coefficient (Wildman–Crippen LogP) is 1.40. The molecule has 0 aromatic carbocycles. The van der Waals surface area contributed by atoms with E-state index in [0.29, 0.717) is 24.4 Å². The minimum Gasteiger partial charge on any atom is -0.481 e. The lowest BCUT2D eigenvalue weighted by Gasteiger charge is -2.23. The number of methoxy groups -OCH3 is 1. The predicted molar refractivity (Wildman–Crippen MR) is 74.9 cm³/mol. The molecule has 1 aliphatic carbocycles. The van der Waals surface area contributed by atoms with Gasteiger partial charge in [-0.2, -0.15) is 4.98 Å². The van der Waals surface area contributed by atoms with E-state index >= 15 is 0 Å². The summed E-state index contributed by atoms with van der Waals surface area (Å²) in [5.74, 6) is -2.24. The van der Waals surface area contributed by atoms with E-state index in [0.717, 1.165) is 0 Å². The zero-order chi connectivity index (χ0) is 15.4. The maximum absolute atomic E-state index is 12.3. The van der Waals surface area contributed by atoms with Gasteiger partial charge in [-0.05, 0) is 19.8 Å². The molecule has 112 valence electrons. The molecule has 0 fully saturated rings. The molecule has 0 saturated heterocycles. The molecule has 0 aliphatic heterocycles. The van der Waals surface area contributed by atoms with Gasteiger partial charge < -0.3 is 9.84 Å². The van der Waals surface area contributed by atoms with Crippen LogP contribution in [-0.2, 0) is 9.59 Å². The van der Waals surface area contributed by atoms with Crippen molar-refractivity contribution in [1.82, 2.24) is 9.97 Å². The van der Waals surface area contributed by atoms with Crippen LogP contribution in [0.25, 0.3) is 0 Å². The average molecular weight is 291 g/mol. The van der Waals surface area contributed by atoms with E-state index in [4.69, 9.17) is 4.74 Å². The topological polar surface area (TPSA) is 101 Å². The zero-order valence-corrected chi connectivity index (χ0v) is 11.9. The van der Waals surface area contributed by atoms with Crippen LogP contribution in [0.5, 0.6) is 5.88 Å². The van der Waals surface area contributed by atoms with E-state index in [2.05, 4.69) is 15.3 Å². The molecule has 2 N–H and O–H groups in total. The molecule has 0 radical (unpaired) electrons. The van der Waals surface area contributed by atoms with E-state index in [-0.39, 0.29) is 11.9 Å². The van der Waals surface area contributed by atoms with Crippen LogP contribution >= 0.6 is 0 Å². The summed E-state index contributed by atoms with van der Waals surface area (Å²) in [6, 6.07) is 1.64. The first-order chi connectivity index (χ1) is 10.0. The van der Waals surface area contributed by atoms with Crippen molar-refractivity contribution in [2.45, 2.75) is 19.8 Å². The fourth-order valence-corrected chi connectivity index (χ4v) is 2.28. The van der Waals surface area contributed by atoms with E-state index < -0.39 is 17.8 Å². The molecule has 7 heteroatoms. The van der Waals surface area contributed by atoms with Crippen molar-refractivity contribution in [2.24, 2.45) is 11.8 Å². The lowest BCUT2D eigenvalue weighted by molar-refractivity contribution is -0.146. The molecule has 2 atom stereocenters. The number of rotatable bonds is 4. The minimum absolute atomic E-state index is 0.121. The van der Waals surface area contributed by atoms with Gasteiger partial charge in [0, 0.05) is 11.8 Å². The first-order valence-electron chi connectivity index (χ1n) is 6.59. The lowest BCUT2D eigenvalue weighted by atomic mass is 9.82. The highest BCUT2D eigenvalue weighted by atomic mass is 16.5. The molecule has 1 amide bonds. The van der Waals surface area contributed by atoms with E-state index in [9.17, 15) is 14.7 Å². The number of aryl methyl sites for hydroxylation is 1. The Balaban J connectivity index is 2.15. The van der Waals surface area contributed by atoms with Crippen molar-refractivity contribution in [1.29, 1.82) is 0 Å². The Labute approximate surface area is 122 Å². The smallest absolute Gasteiger partial charge is 0.307 e. The van der Waals surface area contributed by atoms with Gasteiger partial charge in [-0.3, -0.25) is 14.9 Å². The van der Waals surface area contributed by atoms with Gasteiger partial charge in [-0.15, -0.1) is 0 Å². The number of nitrogens with zero attached hydrogens (tertiary/aromatic N) is 2. The molecular weight excluding hydrogens is 274 g/mol. The third-order valence-electron chi connectivity index (χ3n) is 3.36. The molecule has 0 spiro atoms. The maximum Gasteiger partial charge on any atom is 0.307 e. The van der Waals surface area contributed by atoms with Gasteiger partial charge in [-0.25, -0.2) is 4.98 Å². The van der Waals surface area contributed by atoms with Gasteiger partial charge in [0.25, 0.3) is 0 Å². The highest BCUT2D eigenvalue weighted by molar-refractivity contribution is 5.94. The number of allylic oxidation sites excluding steroid dienone is 2. The standard InChI is InChI=1S/C14H17N3O4/c1-8-7-11(21-2)16-14(15-8)17-12(18)9-5-3-4-6-10(9)13(19)20/h3-4,7,9-10H,5-6H2,1-2H3,(H,19,20)(H,15,16,17,18)/t9-,10+/m1/s1. The molecule has 2 rings (SSSR count). The third-order valence-corrected chi connectivity index (χ3v) is 3.36. The minimum atomic E-state index is -0.970. The number of hydrogen-bond acceptors (Lipinski definition) is 5. The fourth-order valence-electron chi connectivity index (χ4n) is 2.28. The fraction of sp³-hybridized carbons (Fsp3) is 0.429. The Hall–Kier alpha value is -2.44. The van der Waals surface area contributed by atoms with Gasteiger partial charge >= 0.3 is 5.97 Å². The lowest BCUT2D eigenvalue weighted by Crippen LogP contribution is -2.35. The monoisotopic (exact) mass is 291 g/mol. The SMILES string of the molecule is COc1cc(C)nc(NC(=O)[C@@H]2CC=CC[C@@H]2C(=O)O)n1. The van der Waals surface area contributed by atoms with Crippen LogP contribution in [0.2, 0.25) is 0 Å². The number of anilines is 1. The Bertz CT molecular complexity index is 586. The largest absolute Gasteiger partial charge is 0.481 e. The summed E-state index contributed by atoms with van der Waals surface area (Å²) in [5, 5.41) is 11.8. The van der Waals surface area contributed by atoms with E-state index in [1.165, 1.54) is 7.11 Å². The van der Waals surface area contributed by atoms with Crippen LogP contribution in [0, 0.1) is 18.8 Å². The maximum atomic E-state index is 12.3. The van der Waals surface area contributed by atoms with Gasteiger partial charge in [0.1, 0.15) is 0 Å². The van der Waals surface area contributed by atoms with Crippen molar-refractivity contribution in [3.05, 3.63) is 23.9 Å². The Morgan fingerprint density at radius 1 is 1.29 bits per heavy atom. The number of aromatic nitrogens is 2. The number of nitrogens with one attached hydrogen (secondary N) is 1. The first kappa shape index (κ1) is 15.0. The molecule has 1 aromatic rings. The molecular formula is C14H17N3O4. The van der Waals surface area contributed by atoms with Crippen molar-refractivity contribution in [3.63, 3.8) is 0 Å². The van der Waals surface area contributed by atoms with Crippen molar-refractivity contribution >= 4 is 17.8 Å². The number of carbonyl (C=O) groups excluding carboxylic acids is 1. The van der Waals surface area contributed by atoms with Gasteiger partial charge in [-0.1, -0.05) is 12.2 Å². The molecule has 0 saturated carbocycles. The summed E-state index contributed by atoms with van der Waals surface area (Å²) >= 11 is 0. The van der Waals surface area contributed by atoms with Gasteiger partial charge in [0.2, 0.25) is 17.7 Å². The average Bonchev–Trinajstić information content (AvgIpc) is 2.46. The molecule has 1 aliphatic rings. The molecule has 0 bridgehead atoms. The van der Waals surface area contributed by atoms with Gasteiger partial charge in [0.05, 0.1) is 18.9 Å². The van der Waals surface area contributed by atoms with Crippen LogP contribution in [0.3, 0.4) is 0 Å². The van der Waals surface area contributed by atoms with Crippen LogP contribution in [0.4, 0.5) is 5.95 Å². The molecule has 0 unspecified atom stereocenters. The normalized spacial score (nSPS) is 20.9. The number of aliphatic carboxylic acids is 1. The van der Waals surface area contributed by atoms with Gasteiger partial charge in [0.15, 0.2) is 0 Å². The highest BCUT2D eigenvalue weighted by Crippen LogP contribution is 2.27. The molecule has 21 heavy (non-hydrogen) atoms. The zero-order valence-electron chi connectivity index (χ0n) is 11.9. The van der Waals surface area contributed by atoms with Crippen molar-refractivity contribution in [3.8, 4) is 5.88 Å². The Morgan fingerprint density at radius 2 is 1.95 bits per heavy atom. The van der Waals surface area contributed by atoms with Crippen LogP contribution < -0.4 is 10.1 Å². The number of hydrogen-bond donors (Lipinski definition) is 2. The van der Waals surface area contributed by atoms with Crippen LogP contribution in [-0.4, -0.2) is 34.1 Å². The molecule has 7 nitrogen and oxygen atoms in total. The van der Waals surface area contributed by atoms with Crippen molar-refractivity contribution < 1.29 is 19.4 Å². The number of carboxylic acids is 1. The quantitative estimate of drug-likeness (QED) is 0.813. The highest BCUT2D eigenvalue weighted by Gasteiger charge is 2.34. The number of carbonyl (C=O) groups is 2. The molecule has 1 aromatic heterocycles. The van der Waals surface area contributed by atoms with Crippen LogP contribution in [0.1, 0.15) is 18.5 Å². The van der Waals surface area contributed by atoms with E-state index in [1.807, 2.05) is 6.08 Å². The number of carboxylic acid groups (broad SMARTS) is 1.